The van der Waals surface area contributed by atoms with Gasteiger partial charge in [-0.3, -0.25) is 0 Å². The van der Waals surface area contributed by atoms with Crippen molar-refractivity contribution < 1.29 is 4.74 Å². The van der Waals surface area contributed by atoms with Crippen molar-refractivity contribution in [2.75, 3.05) is 19.6 Å². The van der Waals surface area contributed by atoms with Gasteiger partial charge in [-0.25, -0.2) is 4.99 Å². The van der Waals surface area contributed by atoms with E-state index in [1.165, 1.54) is 19.3 Å². The third-order valence-corrected chi connectivity index (χ3v) is 3.67. The summed E-state index contributed by atoms with van der Waals surface area (Å²) in [6.07, 6.45) is 3.62. The number of benzene rings is 1. The van der Waals surface area contributed by atoms with E-state index in [9.17, 15) is 0 Å². The first kappa shape index (κ1) is 15.0. The summed E-state index contributed by atoms with van der Waals surface area (Å²) >= 11 is 6.06. The van der Waals surface area contributed by atoms with Gasteiger partial charge in [0.2, 0.25) is 0 Å². The van der Waals surface area contributed by atoms with Crippen LogP contribution in [0.3, 0.4) is 0 Å². The molecular weight excluding hydrogens is 274 g/mol. The van der Waals surface area contributed by atoms with E-state index in [-0.39, 0.29) is 6.10 Å². The number of likely N-dealkylation sites (tertiary alicyclic amines) is 1. The van der Waals surface area contributed by atoms with Crippen LogP contribution in [0.15, 0.2) is 29.3 Å². The fraction of sp³-hybridized carbons (Fsp3) is 0.533. The number of nitrogens with two attached hydrogens (primary N) is 1. The first-order valence-electron chi connectivity index (χ1n) is 7.13. The van der Waals surface area contributed by atoms with Gasteiger partial charge in [-0.15, -0.1) is 0 Å². The number of piperidine rings is 1. The maximum atomic E-state index is 6.06. The Morgan fingerprint density at radius 3 is 2.75 bits per heavy atom. The summed E-state index contributed by atoms with van der Waals surface area (Å²) in [6.45, 7) is 4.52. The van der Waals surface area contributed by atoms with E-state index in [2.05, 4.69) is 9.89 Å². The predicted molar refractivity (Wildman–Crippen MR) is 83.5 cm³/mol. The molecule has 2 rings (SSSR count). The maximum Gasteiger partial charge on any atom is 0.191 e. The number of ether oxygens (including phenoxy) is 1. The van der Waals surface area contributed by atoms with E-state index in [1.807, 2.05) is 31.2 Å². The molecule has 110 valence electrons. The molecule has 0 saturated carbocycles. The molecule has 0 bridgehead atoms. The maximum absolute atomic E-state index is 6.06. The van der Waals surface area contributed by atoms with Gasteiger partial charge in [-0.2, -0.15) is 0 Å². The summed E-state index contributed by atoms with van der Waals surface area (Å²) in [6, 6.07) is 7.46. The number of aliphatic imine (C=N–C) groups is 1. The minimum absolute atomic E-state index is 0.0572. The molecule has 0 aromatic heterocycles. The second-order valence-electron chi connectivity index (χ2n) is 5.11. The van der Waals surface area contributed by atoms with Crippen LogP contribution >= 0.6 is 11.6 Å². The number of halogens is 1. The fourth-order valence-corrected chi connectivity index (χ4v) is 2.42. The molecule has 1 heterocycles. The molecule has 1 fully saturated rings. The molecule has 0 spiro atoms. The Kier molecular flexibility index (Phi) is 5.53. The van der Waals surface area contributed by atoms with Crippen molar-refractivity contribution in [2.24, 2.45) is 10.7 Å². The third kappa shape index (κ3) is 4.30. The standard InChI is InChI=1S/C15H22ClN3O/c1-12(20-14-8-4-3-7-13(14)16)11-18-15(17)19-9-5-2-6-10-19/h3-4,7-8,12H,2,5-6,9-11H2,1H3,(H2,17,18). The summed E-state index contributed by atoms with van der Waals surface area (Å²) in [4.78, 5) is 6.57. The molecule has 1 aromatic carbocycles. The van der Waals surface area contributed by atoms with Crippen LogP contribution in [0.5, 0.6) is 5.75 Å². The molecule has 1 aliphatic heterocycles. The molecule has 1 atom stereocenters. The van der Waals surface area contributed by atoms with Crippen LogP contribution in [0.1, 0.15) is 26.2 Å². The Morgan fingerprint density at radius 2 is 2.05 bits per heavy atom. The number of hydrogen-bond donors (Lipinski definition) is 1. The Labute approximate surface area is 125 Å². The van der Waals surface area contributed by atoms with Gasteiger partial charge >= 0.3 is 0 Å². The normalized spacial score (nSPS) is 17.9. The monoisotopic (exact) mass is 295 g/mol. The summed E-state index contributed by atoms with van der Waals surface area (Å²) in [5.74, 6) is 1.31. The number of nitrogens with zero attached hydrogens (tertiary/aromatic N) is 2. The van der Waals surface area contributed by atoms with Crippen molar-refractivity contribution in [2.45, 2.75) is 32.3 Å². The Balaban J connectivity index is 1.85. The highest BCUT2D eigenvalue weighted by molar-refractivity contribution is 6.32. The van der Waals surface area contributed by atoms with Crippen molar-refractivity contribution in [1.82, 2.24) is 4.90 Å². The lowest BCUT2D eigenvalue weighted by molar-refractivity contribution is 0.229. The predicted octanol–water partition coefficient (Wildman–Crippen LogP) is 2.91. The molecule has 20 heavy (non-hydrogen) atoms. The highest BCUT2D eigenvalue weighted by Gasteiger charge is 2.12. The molecule has 0 radical (unpaired) electrons. The van der Waals surface area contributed by atoms with Gasteiger partial charge in [0, 0.05) is 13.1 Å². The third-order valence-electron chi connectivity index (χ3n) is 3.36. The van der Waals surface area contributed by atoms with E-state index < -0.39 is 0 Å². The number of guanidine groups is 1. The zero-order valence-electron chi connectivity index (χ0n) is 11.9. The van der Waals surface area contributed by atoms with E-state index in [0.29, 0.717) is 23.3 Å². The molecule has 1 unspecified atom stereocenters. The Bertz CT molecular complexity index is 458. The van der Waals surface area contributed by atoms with Crippen LogP contribution in [0.4, 0.5) is 0 Å². The van der Waals surface area contributed by atoms with Gasteiger partial charge in [0.05, 0.1) is 11.6 Å². The summed E-state index contributed by atoms with van der Waals surface area (Å²) in [5.41, 5.74) is 6.01. The SMILES string of the molecule is CC(CN=C(N)N1CCCCC1)Oc1ccccc1Cl. The Morgan fingerprint density at radius 1 is 1.35 bits per heavy atom. The molecular formula is C15H22ClN3O. The van der Waals surface area contributed by atoms with Crippen molar-refractivity contribution in [3.8, 4) is 5.75 Å². The quantitative estimate of drug-likeness (QED) is 0.686. The van der Waals surface area contributed by atoms with Crippen LogP contribution in [0.25, 0.3) is 0 Å². The minimum Gasteiger partial charge on any atom is -0.487 e. The van der Waals surface area contributed by atoms with Crippen molar-refractivity contribution in [3.63, 3.8) is 0 Å². The van der Waals surface area contributed by atoms with E-state index in [4.69, 9.17) is 22.1 Å². The van der Waals surface area contributed by atoms with Gasteiger partial charge < -0.3 is 15.4 Å². The molecule has 5 heteroatoms. The first-order valence-corrected chi connectivity index (χ1v) is 7.50. The highest BCUT2D eigenvalue weighted by atomic mass is 35.5. The molecule has 2 N–H and O–H groups in total. The smallest absolute Gasteiger partial charge is 0.191 e. The minimum atomic E-state index is -0.0572. The number of para-hydroxylation sites is 1. The molecule has 1 aromatic rings. The molecule has 0 aliphatic carbocycles. The molecule has 4 nitrogen and oxygen atoms in total. The van der Waals surface area contributed by atoms with E-state index >= 15 is 0 Å². The van der Waals surface area contributed by atoms with Crippen LogP contribution in [-0.2, 0) is 0 Å². The zero-order chi connectivity index (χ0) is 14.4. The lowest BCUT2D eigenvalue weighted by atomic mass is 10.1. The summed E-state index contributed by atoms with van der Waals surface area (Å²) in [5, 5.41) is 0.618. The second-order valence-corrected chi connectivity index (χ2v) is 5.51. The largest absolute Gasteiger partial charge is 0.487 e. The van der Waals surface area contributed by atoms with Crippen LogP contribution < -0.4 is 10.5 Å². The van der Waals surface area contributed by atoms with Crippen molar-refractivity contribution >= 4 is 17.6 Å². The van der Waals surface area contributed by atoms with Crippen LogP contribution in [-0.4, -0.2) is 36.6 Å². The molecule has 0 amide bonds. The lowest BCUT2D eigenvalue weighted by Gasteiger charge is -2.27. The van der Waals surface area contributed by atoms with Crippen molar-refractivity contribution in [1.29, 1.82) is 0 Å². The van der Waals surface area contributed by atoms with Crippen molar-refractivity contribution in [3.05, 3.63) is 29.3 Å². The summed E-state index contributed by atoms with van der Waals surface area (Å²) in [7, 11) is 0. The average Bonchev–Trinajstić information content (AvgIpc) is 2.48. The van der Waals surface area contributed by atoms with Crippen LogP contribution in [0.2, 0.25) is 5.02 Å². The second kappa shape index (κ2) is 7.39. The fourth-order valence-electron chi connectivity index (χ4n) is 2.24. The molecule has 1 saturated heterocycles. The number of rotatable bonds is 4. The van der Waals surface area contributed by atoms with Gasteiger partial charge in [-0.05, 0) is 38.3 Å². The van der Waals surface area contributed by atoms with Gasteiger partial charge in [0.15, 0.2) is 5.96 Å². The van der Waals surface area contributed by atoms with Crippen LogP contribution in [0, 0.1) is 0 Å². The highest BCUT2D eigenvalue weighted by Crippen LogP contribution is 2.24. The average molecular weight is 296 g/mol. The van der Waals surface area contributed by atoms with Gasteiger partial charge in [-0.1, -0.05) is 23.7 Å². The number of hydrogen-bond acceptors (Lipinski definition) is 2. The van der Waals surface area contributed by atoms with E-state index in [0.717, 1.165) is 13.1 Å². The van der Waals surface area contributed by atoms with Gasteiger partial charge in [0.25, 0.3) is 0 Å². The lowest BCUT2D eigenvalue weighted by Crippen LogP contribution is -2.41. The molecule has 1 aliphatic rings. The first-order chi connectivity index (χ1) is 9.66. The van der Waals surface area contributed by atoms with E-state index in [1.54, 1.807) is 0 Å². The zero-order valence-corrected chi connectivity index (χ0v) is 12.6. The Hall–Kier alpha value is -1.42. The topological polar surface area (TPSA) is 50.8 Å². The van der Waals surface area contributed by atoms with Gasteiger partial charge in [0.1, 0.15) is 11.9 Å². The summed E-state index contributed by atoms with van der Waals surface area (Å²) < 4.78 is 5.77.